The molecule has 0 saturated heterocycles. The van der Waals surface area contributed by atoms with Gasteiger partial charge in [-0.3, -0.25) is 0 Å². The molecule has 0 saturated carbocycles. The molecule has 0 radical (unpaired) electrons. The average Bonchev–Trinajstić information content (AvgIpc) is 2.72. The molecule has 1 rings (SSSR count). The van der Waals surface area contributed by atoms with E-state index in [9.17, 15) is 10.1 Å². The van der Waals surface area contributed by atoms with Gasteiger partial charge in [-0.1, -0.05) is 94.3 Å². The monoisotopic (exact) mass is 377 g/mol. The van der Waals surface area contributed by atoms with Crippen molar-refractivity contribution in [2.75, 3.05) is 6.61 Å². The Morgan fingerprint density at radius 3 is 2.54 bits per heavy atom. The second-order valence-electron chi connectivity index (χ2n) is 6.65. The van der Waals surface area contributed by atoms with Gasteiger partial charge in [0.05, 0.1) is 6.61 Å². The molecular formula is C25H31NO2. The van der Waals surface area contributed by atoms with Crippen molar-refractivity contribution in [1.29, 1.82) is 5.26 Å². The van der Waals surface area contributed by atoms with Crippen LogP contribution >= 0.6 is 0 Å². The minimum absolute atomic E-state index is 0.00771. The summed E-state index contributed by atoms with van der Waals surface area (Å²) in [6.07, 6.45) is 11.6. The van der Waals surface area contributed by atoms with Crippen LogP contribution in [0.5, 0.6) is 0 Å². The molecule has 1 unspecified atom stereocenters. The van der Waals surface area contributed by atoms with Gasteiger partial charge in [0, 0.05) is 5.57 Å². The summed E-state index contributed by atoms with van der Waals surface area (Å²) >= 11 is 0. The molecule has 0 aromatic heterocycles. The maximum atomic E-state index is 12.7. The van der Waals surface area contributed by atoms with E-state index < -0.39 is 5.97 Å². The lowest BCUT2D eigenvalue weighted by molar-refractivity contribution is -0.139. The van der Waals surface area contributed by atoms with Gasteiger partial charge in [-0.25, -0.2) is 4.79 Å². The first-order valence-electron chi connectivity index (χ1n) is 9.94. The van der Waals surface area contributed by atoms with E-state index in [1.165, 1.54) is 0 Å². The van der Waals surface area contributed by atoms with Crippen molar-refractivity contribution in [1.82, 2.24) is 0 Å². The van der Waals surface area contributed by atoms with E-state index in [2.05, 4.69) is 20.4 Å². The summed E-state index contributed by atoms with van der Waals surface area (Å²) in [5, 5.41) is 9.72. The molecule has 0 amide bonds. The van der Waals surface area contributed by atoms with Crippen LogP contribution in [0, 0.1) is 17.2 Å². The van der Waals surface area contributed by atoms with Gasteiger partial charge in [0.25, 0.3) is 0 Å². The van der Waals surface area contributed by atoms with E-state index in [1.54, 1.807) is 6.08 Å². The lowest BCUT2D eigenvalue weighted by Crippen LogP contribution is -2.16. The minimum atomic E-state index is -0.586. The largest absolute Gasteiger partial charge is 0.461 e. The summed E-state index contributed by atoms with van der Waals surface area (Å²) < 4.78 is 5.52. The Kier molecular flexibility index (Phi) is 11.0. The quantitative estimate of drug-likeness (QED) is 0.194. The highest BCUT2D eigenvalue weighted by molar-refractivity contribution is 6.05. The Morgan fingerprint density at radius 2 is 1.96 bits per heavy atom. The molecule has 28 heavy (non-hydrogen) atoms. The van der Waals surface area contributed by atoms with E-state index >= 15 is 0 Å². The zero-order chi connectivity index (χ0) is 20.8. The van der Waals surface area contributed by atoms with E-state index in [0.717, 1.165) is 31.2 Å². The van der Waals surface area contributed by atoms with Gasteiger partial charge in [-0.05, 0) is 30.4 Å². The lowest BCUT2D eigenvalue weighted by Gasteiger charge is -2.16. The second kappa shape index (κ2) is 13.3. The molecule has 3 heteroatoms. The lowest BCUT2D eigenvalue weighted by atomic mass is 9.93. The van der Waals surface area contributed by atoms with Crippen molar-refractivity contribution >= 4 is 11.5 Å². The molecule has 1 aromatic carbocycles. The Hall–Kier alpha value is -2.86. The minimum Gasteiger partial charge on any atom is -0.461 e. The number of unbranched alkanes of at least 4 members (excludes halogenated alkanes) is 1. The van der Waals surface area contributed by atoms with Crippen LogP contribution in [0.25, 0.3) is 5.57 Å². The van der Waals surface area contributed by atoms with Crippen LogP contribution in [0.4, 0.5) is 0 Å². The molecule has 0 N–H and O–H groups in total. The van der Waals surface area contributed by atoms with Gasteiger partial charge in [-0.2, -0.15) is 5.26 Å². The van der Waals surface area contributed by atoms with Crippen LogP contribution in [-0.4, -0.2) is 12.6 Å². The van der Waals surface area contributed by atoms with Crippen molar-refractivity contribution in [3.63, 3.8) is 0 Å². The highest BCUT2D eigenvalue weighted by Crippen LogP contribution is 2.27. The molecule has 3 nitrogen and oxygen atoms in total. The van der Waals surface area contributed by atoms with Crippen LogP contribution in [0.15, 0.2) is 72.4 Å². The molecule has 0 bridgehead atoms. The molecule has 0 aliphatic carbocycles. The van der Waals surface area contributed by atoms with Crippen molar-refractivity contribution in [3.8, 4) is 6.07 Å². The van der Waals surface area contributed by atoms with Crippen molar-refractivity contribution in [3.05, 3.63) is 77.9 Å². The SMILES string of the molecule is C=C(C=CC=CC)C(=C(C#N)C(=O)OCC(CC)CCCC)c1ccccc1. The zero-order valence-electron chi connectivity index (χ0n) is 17.3. The van der Waals surface area contributed by atoms with Crippen LogP contribution in [0.2, 0.25) is 0 Å². The maximum Gasteiger partial charge on any atom is 0.349 e. The highest BCUT2D eigenvalue weighted by atomic mass is 16.5. The summed E-state index contributed by atoms with van der Waals surface area (Å²) in [6, 6.07) is 11.4. The molecule has 0 aliphatic rings. The van der Waals surface area contributed by atoms with Gasteiger partial charge in [-0.15, -0.1) is 0 Å². The van der Waals surface area contributed by atoms with E-state index in [0.29, 0.717) is 23.7 Å². The van der Waals surface area contributed by atoms with Gasteiger partial charge in [0.1, 0.15) is 11.6 Å². The fourth-order valence-corrected chi connectivity index (χ4v) is 2.83. The van der Waals surface area contributed by atoms with Crippen LogP contribution in [0.3, 0.4) is 0 Å². The third-order valence-corrected chi connectivity index (χ3v) is 4.54. The van der Waals surface area contributed by atoms with Gasteiger partial charge in [0.2, 0.25) is 0 Å². The van der Waals surface area contributed by atoms with Gasteiger partial charge < -0.3 is 4.74 Å². The molecular weight excluding hydrogens is 346 g/mol. The van der Waals surface area contributed by atoms with Crippen molar-refractivity contribution in [2.45, 2.75) is 46.5 Å². The number of hydrogen-bond donors (Lipinski definition) is 0. The average molecular weight is 378 g/mol. The molecule has 0 heterocycles. The topological polar surface area (TPSA) is 50.1 Å². The summed E-state index contributed by atoms with van der Waals surface area (Å²) in [5.74, 6) is -0.265. The predicted octanol–water partition coefficient (Wildman–Crippen LogP) is 6.41. The fraction of sp³-hybridized carbons (Fsp3) is 0.360. The Balaban J connectivity index is 3.18. The maximum absolute atomic E-state index is 12.7. The first-order valence-corrected chi connectivity index (χ1v) is 9.94. The molecule has 1 atom stereocenters. The Morgan fingerprint density at radius 1 is 1.25 bits per heavy atom. The van der Waals surface area contributed by atoms with E-state index in [1.807, 2.05) is 61.6 Å². The normalized spacial score (nSPS) is 13.2. The van der Waals surface area contributed by atoms with Crippen molar-refractivity contribution < 1.29 is 9.53 Å². The first kappa shape index (κ1) is 23.2. The number of allylic oxidation sites excluding steroid dienone is 6. The number of nitriles is 1. The number of rotatable bonds is 11. The summed E-state index contributed by atoms with van der Waals surface area (Å²) in [4.78, 5) is 12.7. The summed E-state index contributed by atoms with van der Waals surface area (Å²) in [5.41, 5.74) is 1.86. The molecule has 0 fully saturated rings. The number of carbonyl (C=O) groups excluding carboxylic acids is 1. The third kappa shape index (κ3) is 7.40. The van der Waals surface area contributed by atoms with Crippen LogP contribution in [-0.2, 0) is 9.53 Å². The number of esters is 1. The number of ether oxygens (including phenoxy) is 1. The number of nitrogens with zero attached hydrogens (tertiary/aromatic N) is 1. The van der Waals surface area contributed by atoms with Crippen LogP contribution < -0.4 is 0 Å². The third-order valence-electron chi connectivity index (χ3n) is 4.54. The van der Waals surface area contributed by atoms with Crippen molar-refractivity contribution in [2.24, 2.45) is 5.92 Å². The Bertz CT molecular complexity index is 763. The molecule has 1 aromatic rings. The Labute approximate surface area is 169 Å². The fourth-order valence-electron chi connectivity index (χ4n) is 2.83. The highest BCUT2D eigenvalue weighted by Gasteiger charge is 2.20. The smallest absolute Gasteiger partial charge is 0.349 e. The first-order chi connectivity index (χ1) is 13.6. The molecule has 148 valence electrons. The summed E-state index contributed by atoms with van der Waals surface area (Å²) in [6.45, 7) is 10.6. The van der Waals surface area contributed by atoms with E-state index in [-0.39, 0.29) is 5.57 Å². The zero-order valence-corrected chi connectivity index (χ0v) is 17.3. The summed E-state index contributed by atoms with van der Waals surface area (Å²) in [7, 11) is 0. The van der Waals surface area contributed by atoms with Gasteiger partial charge in [0.15, 0.2) is 0 Å². The number of benzene rings is 1. The van der Waals surface area contributed by atoms with Gasteiger partial charge >= 0.3 is 5.97 Å². The second-order valence-corrected chi connectivity index (χ2v) is 6.65. The molecule has 0 spiro atoms. The number of hydrogen-bond acceptors (Lipinski definition) is 3. The van der Waals surface area contributed by atoms with E-state index in [4.69, 9.17) is 4.74 Å². The predicted molar refractivity (Wildman–Crippen MR) is 116 cm³/mol. The molecule has 0 aliphatic heterocycles. The standard InChI is InChI=1S/C25H31NO2/c1-5-8-11-14-20(4)24(22-16-12-10-13-17-22)23(18-26)25(27)28-19-21(7-3)15-9-6-2/h5,8,10-14,16-17,21H,4,6-7,9,15,19H2,1-3H3. The number of carbonyl (C=O) groups is 1. The van der Waals surface area contributed by atoms with Crippen LogP contribution in [0.1, 0.15) is 52.0 Å².